The summed E-state index contributed by atoms with van der Waals surface area (Å²) in [5.74, 6) is -0.0656. The van der Waals surface area contributed by atoms with E-state index >= 15 is 0 Å². The van der Waals surface area contributed by atoms with Crippen molar-refractivity contribution >= 4 is 38.3 Å². The van der Waals surface area contributed by atoms with Gasteiger partial charge < -0.3 is 20.5 Å². The molecule has 3 aromatic rings. The average Bonchev–Trinajstić information content (AvgIpc) is 3.12. The number of aliphatic hydroxyl groups is 1. The third-order valence-corrected chi connectivity index (χ3v) is 13.3. The van der Waals surface area contributed by atoms with Crippen LogP contribution >= 0.6 is 0 Å². The first-order valence-corrected chi connectivity index (χ1v) is 21.2. The number of fused-ring (bicyclic) bond motifs is 2. The highest BCUT2D eigenvalue weighted by Crippen LogP contribution is 2.39. The second kappa shape index (κ2) is 17.8. The zero-order chi connectivity index (χ0) is 40.0. The molecule has 0 bridgehead atoms. The number of amides is 3. The van der Waals surface area contributed by atoms with Crippen molar-refractivity contribution in [2.45, 2.75) is 108 Å². The van der Waals surface area contributed by atoms with E-state index in [1.807, 2.05) is 87.5 Å². The third-order valence-electron chi connectivity index (χ3n) is 11.2. The van der Waals surface area contributed by atoms with Gasteiger partial charge in [-0.2, -0.15) is 0 Å². The number of hydrogen-bond donors (Lipinski definition) is 5. The minimum Gasteiger partial charge on any atom is -0.483 e. The Morgan fingerprint density at radius 3 is 2.25 bits per heavy atom. The predicted molar refractivity (Wildman–Crippen MR) is 215 cm³/mol. The molecular weight excluding hydrogens is 719 g/mol. The van der Waals surface area contributed by atoms with E-state index in [4.69, 9.17) is 4.74 Å². The number of ether oxygens (including phenoxy) is 1. The monoisotopic (exact) mass is 777 g/mol. The van der Waals surface area contributed by atoms with Crippen LogP contribution in [0.3, 0.4) is 0 Å². The lowest BCUT2D eigenvalue weighted by Gasteiger charge is -2.47. The lowest BCUT2D eigenvalue weighted by Crippen LogP contribution is -2.66. The molecule has 1 heterocycles. The van der Waals surface area contributed by atoms with Crippen LogP contribution in [0.15, 0.2) is 72.8 Å². The van der Waals surface area contributed by atoms with Crippen LogP contribution in [0, 0.1) is 11.8 Å². The van der Waals surface area contributed by atoms with E-state index in [1.165, 1.54) is 13.8 Å². The molecule has 5 N–H and O–H groups in total. The van der Waals surface area contributed by atoms with Gasteiger partial charge in [-0.3, -0.25) is 24.7 Å². The molecule has 3 aromatic carbocycles. The maximum absolute atomic E-state index is 14.3. The maximum atomic E-state index is 14.3. The van der Waals surface area contributed by atoms with Crippen LogP contribution in [-0.2, 0) is 30.6 Å². The van der Waals surface area contributed by atoms with E-state index in [1.54, 1.807) is 6.07 Å². The van der Waals surface area contributed by atoms with E-state index in [-0.39, 0.29) is 18.9 Å². The molecule has 2 aliphatic rings. The second-order valence-electron chi connectivity index (χ2n) is 16.9. The van der Waals surface area contributed by atoms with Crippen molar-refractivity contribution in [1.82, 2.24) is 26.4 Å². The number of hydrazine groups is 1. The molecule has 6 atom stereocenters. The number of likely N-dealkylation sites (tertiary alicyclic amines) is 1. The van der Waals surface area contributed by atoms with Crippen LogP contribution in [0.2, 0.25) is 0 Å². The van der Waals surface area contributed by atoms with Crippen LogP contribution in [0.25, 0.3) is 10.8 Å². The normalized spacial score (nSPS) is 21.1. The fourth-order valence-electron chi connectivity index (χ4n) is 7.83. The van der Waals surface area contributed by atoms with Crippen LogP contribution in [0.5, 0.6) is 5.75 Å². The number of benzene rings is 3. The Hall–Kier alpha value is -4.04. The third kappa shape index (κ3) is 11.1. The van der Waals surface area contributed by atoms with E-state index < -0.39 is 62.8 Å². The smallest absolute Gasteiger partial charge is 0.272 e. The quantitative estimate of drug-likeness (QED) is 0.144. The Balaban J connectivity index is 1.34. The molecule has 0 unspecified atom stereocenters. The van der Waals surface area contributed by atoms with Gasteiger partial charge in [-0.1, -0.05) is 86.0 Å². The number of rotatable bonds is 15. The van der Waals surface area contributed by atoms with Gasteiger partial charge in [-0.05, 0) is 82.7 Å². The number of carbonyl (C=O) groups excluding carboxylic acids is 3. The summed E-state index contributed by atoms with van der Waals surface area (Å²) in [4.78, 5) is 43.1. The van der Waals surface area contributed by atoms with Crippen molar-refractivity contribution in [2.75, 3.05) is 26.0 Å². The molecule has 1 saturated carbocycles. The molecule has 3 amide bonds. The molecule has 300 valence electrons. The maximum Gasteiger partial charge on any atom is 0.272 e. The van der Waals surface area contributed by atoms with Gasteiger partial charge in [0.15, 0.2) is 16.4 Å². The summed E-state index contributed by atoms with van der Waals surface area (Å²) < 4.78 is 30.3. The molecule has 5 rings (SSSR count). The Bertz CT molecular complexity index is 1890. The molecule has 1 aliphatic heterocycles. The fourth-order valence-corrected chi connectivity index (χ4v) is 8.43. The Morgan fingerprint density at radius 2 is 1.56 bits per heavy atom. The zero-order valence-electron chi connectivity index (χ0n) is 33.0. The summed E-state index contributed by atoms with van der Waals surface area (Å²) in [5, 5.41) is 19.9. The second-order valence-corrected chi connectivity index (χ2v) is 19.5. The standard InChI is InChI=1S/C42H59N5O7S/c1-41(2,3)44-39(50)34-24-30-18-10-11-19-31(30)25-47(34)26-35(48)33(23-28-15-8-7-9-16-28)43-40(51)38(42(4,5)55(6,52)53)46-45-37(49)27-54-36-22-14-20-29-17-12-13-21-32(29)36/h7-9,12-17,20-22,30-31,33-35,38,46,48H,10-11,18-19,23-27H2,1-6H3,(H,43,51)(H,44,50)(H,45,49)/t30-,31+,33-,34-,35+,38+/m0/s1. The largest absolute Gasteiger partial charge is 0.483 e. The van der Waals surface area contributed by atoms with Crippen LogP contribution in [-0.4, -0.2) is 96.6 Å². The Labute approximate surface area is 326 Å². The van der Waals surface area contributed by atoms with Crippen LogP contribution < -0.4 is 26.2 Å². The van der Waals surface area contributed by atoms with Crippen molar-refractivity contribution in [3.63, 3.8) is 0 Å². The van der Waals surface area contributed by atoms with Gasteiger partial charge in [0.1, 0.15) is 11.8 Å². The number of nitrogens with zero attached hydrogens (tertiary/aromatic N) is 1. The minimum atomic E-state index is -3.88. The molecule has 0 spiro atoms. The van der Waals surface area contributed by atoms with E-state index in [2.05, 4.69) is 26.4 Å². The highest BCUT2D eigenvalue weighted by atomic mass is 32.2. The van der Waals surface area contributed by atoms with Gasteiger partial charge in [-0.25, -0.2) is 13.8 Å². The first kappa shape index (κ1) is 42.1. The summed E-state index contributed by atoms with van der Waals surface area (Å²) >= 11 is 0. The van der Waals surface area contributed by atoms with E-state index in [0.29, 0.717) is 30.6 Å². The number of piperidine rings is 1. The molecular formula is C42H59N5O7S. The van der Waals surface area contributed by atoms with Crippen molar-refractivity contribution in [3.8, 4) is 5.75 Å². The number of nitrogens with one attached hydrogen (secondary N) is 4. The summed E-state index contributed by atoms with van der Waals surface area (Å²) in [5.41, 5.74) is 5.60. The van der Waals surface area contributed by atoms with Crippen molar-refractivity contribution in [3.05, 3.63) is 78.4 Å². The predicted octanol–water partition coefficient (Wildman–Crippen LogP) is 3.92. The summed E-state index contributed by atoms with van der Waals surface area (Å²) in [7, 11) is -3.88. The lowest BCUT2D eigenvalue weighted by atomic mass is 9.72. The number of β-amino-alcohol motifs (C(OH)–C–C–N with tert-alkyl or cyclic N) is 1. The molecule has 1 aliphatic carbocycles. The molecule has 55 heavy (non-hydrogen) atoms. The highest BCUT2D eigenvalue weighted by molar-refractivity contribution is 7.92. The molecule has 0 aromatic heterocycles. The van der Waals surface area contributed by atoms with E-state index in [0.717, 1.165) is 48.3 Å². The van der Waals surface area contributed by atoms with Gasteiger partial charge in [0.2, 0.25) is 11.8 Å². The number of aliphatic hydroxyl groups excluding tert-OH is 1. The van der Waals surface area contributed by atoms with Crippen molar-refractivity contribution < 1.29 is 32.6 Å². The van der Waals surface area contributed by atoms with Gasteiger partial charge in [0.05, 0.1) is 22.9 Å². The summed E-state index contributed by atoms with van der Waals surface area (Å²) in [6.07, 6.45) is 5.30. The van der Waals surface area contributed by atoms with Gasteiger partial charge in [-0.15, -0.1) is 0 Å². The Morgan fingerprint density at radius 1 is 0.909 bits per heavy atom. The first-order valence-electron chi connectivity index (χ1n) is 19.4. The number of hydrogen-bond acceptors (Lipinski definition) is 9. The number of carbonyl (C=O) groups is 3. The fraction of sp³-hybridized carbons (Fsp3) is 0.548. The van der Waals surface area contributed by atoms with Crippen molar-refractivity contribution in [2.24, 2.45) is 11.8 Å². The molecule has 12 nitrogen and oxygen atoms in total. The minimum absolute atomic E-state index is 0.0771. The van der Waals surface area contributed by atoms with Gasteiger partial charge >= 0.3 is 0 Å². The van der Waals surface area contributed by atoms with Gasteiger partial charge in [0, 0.05) is 30.3 Å². The first-order chi connectivity index (χ1) is 25.9. The highest BCUT2D eigenvalue weighted by Gasteiger charge is 2.46. The molecule has 1 saturated heterocycles. The average molecular weight is 778 g/mol. The SMILES string of the molecule is CC(C)(C)NC(=O)[C@@H]1C[C@@H]2CCCC[C@@H]2CN1C[C@@H](O)[C@H](Cc1ccccc1)NC(=O)[C@@H](NNC(=O)COc1cccc2ccccc12)C(C)(C)S(C)(=O)=O. The molecule has 2 fully saturated rings. The zero-order valence-corrected chi connectivity index (χ0v) is 33.8. The summed E-state index contributed by atoms with van der Waals surface area (Å²) in [6, 6.07) is 19.7. The van der Waals surface area contributed by atoms with Crippen LogP contribution in [0.1, 0.15) is 72.3 Å². The molecule has 13 heteroatoms. The number of sulfone groups is 1. The summed E-state index contributed by atoms with van der Waals surface area (Å²) in [6.45, 7) is 9.06. The van der Waals surface area contributed by atoms with Gasteiger partial charge in [0.25, 0.3) is 5.91 Å². The van der Waals surface area contributed by atoms with Crippen molar-refractivity contribution in [1.29, 1.82) is 0 Å². The molecule has 0 radical (unpaired) electrons. The lowest BCUT2D eigenvalue weighted by molar-refractivity contribution is -0.133. The Kier molecular flexibility index (Phi) is 13.6. The van der Waals surface area contributed by atoms with Crippen LogP contribution in [0.4, 0.5) is 0 Å². The van der Waals surface area contributed by atoms with E-state index in [9.17, 15) is 27.9 Å². The topological polar surface area (TPSA) is 166 Å².